The van der Waals surface area contributed by atoms with Crippen LogP contribution in [0.5, 0.6) is 5.75 Å². The Morgan fingerprint density at radius 2 is 1.95 bits per heavy atom. The summed E-state index contributed by atoms with van der Waals surface area (Å²) in [7, 11) is 0. The Labute approximate surface area is 128 Å². The molecule has 0 fully saturated rings. The minimum absolute atomic E-state index is 0.297. The van der Waals surface area contributed by atoms with E-state index in [2.05, 4.69) is 26.2 Å². The molecule has 0 spiro atoms. The minimum Gasteiger partial charge on any atom is -0.482 e. The summed E-state index contributed by atoms with van der Waals surface area (Å²) in [6.07, 6.45) is 1.58. The SMILES string of the molecule is O=C(O)COc1ccc(NC(=O)c2cccnc2Br)cc1. The Balaban J connectivity index is 2.02. The topological polar surface area (TPSA) is 88.5 Å². The highest BCUT2D eigenvalue weighted by Gasteiger charge is 2.10. The fourth-order valence-corrected chi connectivity index (χ4v) is 1.96. The maximum Gasteiger partial charge on any atom is 0.341 e. The number of ether oxygens (including phenoxy) is 1. The molecule has 2 rings (SSSR count). The molecular formula is C14H11BrN2O4. The zero-order valence-corrected chi connectivity index (χ0v) is 12.3. The highest BCUT2D eigenvalue weighted by Crippen LogP contribution is 2.18. The number of nitrogens with one attached hydrogen (secondary N) is 1. The van der Waals surface area contributed by atoms with Crippen molar-refractivity contribution in [2.75, 3.05) is 11.9 Å². The van der Waals surface area contributed by atoms with Crippen LogP contribution in [0.2, 0.25) is 0 Å². The summed E-state index contributed by atoms with van der Waals surface area (Å²) in [4.78, 5) is 26.4. The number of hydrogen-bond acceptors (Lipinski definition) is 4. The third-order valence-electron chi connectivity index (χ3n) is 2.48. The molecule has 1 aromatic heterocycles. The van der Waals surface area contributed by atoms with Crippen LogP contribution in [0.1, 0.15) is 10.4 Å². The minimum atomic E-state index is -1.05. The van der Waals surface area contributed by atoms with Crippen molar-refractivity contribution in [3.63, 3.8) is 0 Å². The van der Waals surface area contributed by atoms with E-state index in [0.717, 1.165) is 0 Å². The number of carboxylic acids is 1. The van der Waals surface area contributed by atoms with Crippen molar-refractivity contribution in [3.05, 3.63) is 52.8 Å². The van der Waals surface area contributed by atoms with Crippen molar-refractivity contribution in [1.29, 1.82) is 0 Å². The summed E-state index contributed by atoms with van der Waals surface area (Å²) in [5, 5.41) is 11.2. The van der Waals surface area contributed by atoms with Gasteiger partial charge >= 0.3 is 5.97 Å². The van der Waals surface area contributed by atoms with Crippen LogP contribution >= 0.6 is 15.9 Å². The van der Waals surface area contributed by atoms with E-state index in [1.165, 1.54) is 0 Å². The number of carboxylic acid groups (broad SMARTS) is 1. The van der Waals surface area contributed by atoms with Gasteiger partial charge in [-0.3, -0.25) is 4.79 Å². The van der Waals surface area contributed by atoms with Gasteiger partial charge in [-0.25, -0.2) is 9.78 Å². The Kier molecular flexibility index (Phi) is 4.89. The van der Waals surface area contributed by atoms with E-state index in [4.69, 9.17) is 9.84 Å². The van der Waals surface area contributed by atoms with Gasteiger partial charge in [-0.2, -0.15) is 0 Å². The molecule has 2 aromatic rings. The van der Waals surface area contributed by atoms with Gasteiger partial charge in [0.15, 0.2) is 6.61 Å². The normalized spacial score (nSPS) is 9.95. The lowest BCUT2D eigenvalue weighted by atomic mass is 10.2. The molecule has 1 heterocycles. The number of rotatable bonds is 5. The second-order valence-electron chi connectivity index (χ2n) is 4.00. The summed E-state index contributed by atoms with van der Waals surface area (Å²) in [5.41, 5.74) is 0.988. The number of amides is 1. The number of pyridine rings is 1. The Hall–Kier alpha value is -2.41. The first-order chi connectivity index (χ1) is 10.1. The third kappa shape index (κ3) is 4.28. The van der Waals surface area contributed by atoms with E-state index in [9.17, 15) is 9.59 Å². The molecule has 0 atom stereocenters. The van der Waals surface area contributed by atoms with Crippen LogP contribution in [0.4, 0.5) is 5.69 Å². The van der Waals surface area contributed by atoms with Crippen molar-refractivity contribution >= 4 is 33.5 Å². The van der Waals surface area contributed by atoms with Gasteiger partial charge in [0, 0.05) is 11.9 Å². The van der Waals surface area contributed by atoms with Crippen molar-refractivity contribution in [2.24, 2.45) is 0 Å². The van der Waals surface area contributed by atoms with Gasteiger partial charge in [-0.15, -0.1) is 0 Å². The number of halogens is 1. The van der Waals surface area contributed by atoms with Crippen molar-refractivity contribution in [2.45, 2.75) is 0 Å². The molecule has 0 bridgehead atoms. The van der Waals surface area contributed by atoms with Crippen LogP contribution in [0.25, 0.3) is 0 Å². The van der Waals surface area contributed by atoms with Gasteiger partial charge < -0.3 is 15.2 Å². The molecule has 1 amide bonds. The van der Waals surface area contributed by atoms with Crippen LogP contribution in [-0.4, -0.2) is 28.6 Å². The number of carbonyl (C=O) groups is 2. The van der Waals surface area contributed by atoms with Gasteiger partial charge in [0.2, 0.25) is 0 Å². The molecule has 0 unspecified atom stereocenters. The second kappa shape index (κ2) is 6.85. The molecule has 0 saturated heterocycles. The van der Waals surface area contributed by atoms with E-state index in [1.54, 1.807) is 42.6 Å². The largest absolute Gasteiger partial charge is 0.482 e. The molecular weight excluding hydrogens is 340 g/mol. The van der Waals surface area contributed by atoms with Gasteiger partial charge in [0.05, 0.1) is 5.56 Å². The molecule has 21 heavy (non-hydrogen) atoms. The van der Waals surface area contributed by atoms with Crippen LogP contribution in [-0.2, 0) is 4.79 Å². The molecule has 0 saturated carbocycles. The first kappa shape index (κ1) is 15.0. The molecule has 2 N–H and O–H groups in total. The third-order valence-corrected chi connectivity index (χ3v) is 3.11. The van der Waals surface area contributed by atoms with E-state index >= 15 is 0 Å². The van der Waals surface area contributed by atoms with Crippen molar-refractivity contribution in [3.8, 4) is 5.75 Å². The number of anilines is 1. The average molecular weight is 351 g/mol. The number of aliphatic carboxylic acids is 1. The quantitative estimate of drug-likeness (QED) is 0.809. The molecule has 0 radical (unpaired) electrons. The van der Waals surface area contributed by atoms with Crippen molar-refractivity contribution in [1.82, 2.24) is 4.98 Å². The second-order valence-corrected chi connectivity index (χ2v) is 4.75. The zero-order chi connectivity index (χ0) is 15.2. The summed E-state index contributed by atoms with van der Waals surface area (Å²) < 4.78 is 5.46. The Bertz CT molecular complexity index is 658. The van der Waals surface area contributed by atoms with Gasteiger partial charge in [-0.05, 0) is 52.3 Å². The lowest BCUT2D eigenvalue weighted by molar-refractivity contribution is -0.139. The Morgan fingerprint density at radius 1 is 1.24 bits per heavy atom. The molecule has 1 aromatic carbocycles. The number of carbonyl (C=O) groups excluding carboxylic acids is 1. The maximum atomic E-state index is 12.0. The standard InChI is InChI=1S/C14H11BrN2O4/c15-13-11(2-1-7-16-13)14(20)17-9-3-5-10(6-4-9)21-8-12(18)19/h1-7H,8H2,(H,17,20)(H,18,19). The predicted molar refractivity (Wildman–Crippen MR) is 79.5 cm³/mol. The summed E-state index contributed by atoms with van der Waals surface area (Å²) in [5.74, 6) is -0.930. The van der Waals surface area contributed by atoms with E-state index in [1.807, 2.05) is 0 Å². The number of nitrogens with zero attached hydrogens (tertiary/aromatic N) is 1. The van der Waals surface area contributed by atoms with Crippen LogP contribution in [0.3, 0.4) is 0 Å². The smallest absolute Gasteiger partial charge is 0.341 e. The number of hydrogen-bond donors (Lipinski definition) is 2. The molecule has 0 aliphatic carbocycles. The highest BCUT2D eigenvalue weighted by molar-refractivity contribution is 9.10. The number of aromatic nitrogens is 1. The fraction of sp³-hybridized carbons (Fsp3) is 0.0714. The van der Waals surface area contributed by atoms with Gasteiger partial charge in [0.1, 0.15) is 10.4 Å². The van der Waals surface area contributed by atoms with Gasteiger partial charge in [0.25, 0.3) is 5.91 Å². The van der Waals surface area contributed by atoms with E-state index in [0.29, 0.717) is 21.6 Å². The maximum absolute atomic E-state index is 12.0. The lowest BCUT2D eigenvalue weighted by Gasteiger charge is -2.07. The fourth-order valence-electron chi connectivity index (χ4n) is 1.53. The first-order valence-electron chi connectivity index (χ1n) is 5.93. The van der Waals surface area contributed by atoms with Crippen LogP contribution in [0, 0.1) is 0 Å². The van der Waals surface area contributed by atoms with Crippen molar-refractivity contribution < 1.29 is 19.4 Å². The molecule has 0 aliphatic heterocycles. The Morgan fingerprint density at radius 3 is 2.57 bits per heavy atom. The molecule has 0 aliphatic rings. The lowest BCUT2D eigenvalue weighted by Crippen LogP contribution is -2.13. The monoisotopic (exact) mass is 350 g/mol. The van der Waals surface area contributed by atoms with E-state index < -0.39 is 12.6 Å². The van der Waals surface area contributed by atoms with Crippen LogP contribution in [0.15, 0.2) is 47.2 Å². The summed E-state index contributed by atoms with van der Waals surface area (Å²) in [6.45, 7) is -0.408. The van der Waals surface area contributed by atoms with Gasteiger partial charge in [-0.1, -0.05) is 0 Å². The first-order valence-corrected chi connectivity index (χ1v) is 6.72. The molecule has 7 heteroatoms. The summed E-state index contributed by atoms with van der Waals surface area (Å²) >= 11 is 3.21. The number of benzene rings is 1. The molecule has 6 nitrogen and oxygen atoms in total. The van der Waals surface area contributed by atoms with Crippen LogP contribution < -0.4 is 10.1 Å². The summed E-state index contributed by atoms with van der Waals surface area (Å²) in [6, 6.07) is 9.73. The van der Waals surface area contributed by atoms with E-state index in [-0.39, 0.29) is 5.91 Å². The molecule has 108 valence electrons. The predicted octanol–water partition coefficient (Wildman–Crippen LogP) is 2.56. The zero-order valence-electron chi connectivity index (χ0n) is 10.7. The average Bonchev–Trinajstić information content (AvgIpc) is 2.47. The highest BCUT2D eigenvalue weighted by atomic mass is 79.9.